The molecule has 0 spiro atoms. The van der Waals surface area contributed by atoms with E-state index < -0.39 is 10.8 Å². The van der Waals surface area contributed by atoms with Crippen molar-refractivity contribution in [3.63, 3.8) is 0 Å². The van der Waals surface area contributed by atoms with Crippen molar-refractivity contribution >= 4 is 10.8 Å². The highest BCUT2D eigenvalue weighted by molar-refractivity contribution is 7.93. The Kier molecular flexibility index (Phi) is 1.71. The fraction of sp³-hybridized carbons (Fsp3) is 0.167. The summed E-state index contributed by atoms with van der Waals surface area (Å²) in [5, 5.41) is 0. The van der Waals surface area contributed by atoms with E-state index in [2.05, 4.69) is 12.2 Å². The zero-order chi connectivity index (χ0) is 9.54. The lowest BCUT2D eigenvalue weighted by Gasteiger charge is -2.06. The van der Waals surface area contributed by atoms with Gasteiger partial charge in [-0.1, -0.05) is 24.3 Å². The van der Waals surface area contributed by atoms with Gasteiger partial charge in [-0.3, -0.25) is 0 Å². The molecule has 0 saturated heterocycles. The molecule has 0 aromatic rings. The van der Waals surface area contributed by atoms with Crippen LogP contribution in [-0.2, 0) is 10.8 Å². The minimum atomic E-state index is -0.910. The number of hydrogen-bond acceptors (Lipinski definition) is 1. The van der Waals surface area contributed by atoms with Gasteiger partial charge in [0.05, 0.1) is 10.8 Å². The maximum Gasteiger partial charge on any atom is 0.0855 e. The van der Waals surface area contributed by atoms with Gasteiger partial charge in [-0.25, -0.2) is 4.21 Å². The molecule has 2 heteroatoms. The molecule has 0 unspecified atom stereocenters. The van der Waals surface area contributed by atoms with E-state index in [4.69, 9.17) is 0 Å². The summed E-state index contributed by atoms with van der Waals surface area (Å²) in [6, 6.07) is 0. The topological polar surface area (TPSA) is 17.1 Å². The zero-order valence-electron chi connectivity index (χ0n) is 7.69. The molecule has 1 heterocycles. The van der Waals surface area contributed by atoms with E-state index in [0.717, 1.165) is 22.7 Å². The Morgan fingerprint density at radius 3 is 1.93 bits per heavy atom. The summed E-state index contributed by atoms with van der Waals surface area (Å²) >= 11 is 0. The fourth-order valence-corrected chi connectivity index (χ4v) is 3.60. The second kappa shape index (κ2) is 2.92. The molecule has 70 valence electrons. The van der Waals surface area contributed by atoms with Crippen molar-refractivity contribution in [3.05, 3.63) is 57.4 Å². The van der Waals surface area contributed by atoms with Gasteiger partial charge in [0.2, 0.25) is 0 Å². The van der Waals surface area contributed by atoms with Crippen LogP contribution in [0.5, 0.6) is 0 Å². The molecule has 0 amide bonds. The van der Waals surface area contributed by atoms with E-state index in [1.165, 1.54) is 11.1 Å². The van der Waals surface area contributed by atoms with E-state index >= 15 is 0 Å². The fourth-order valence-electron chi connectivity index (χ4n) is 2.09. The molecule has 1 aliphatic heterocycles. The first-order valence-corrected chi connectivity index (χ1v) is 5.91. The van der Waals surface area contributed by atoms with Gasteiger partial charge < -0.3 is 0 Å². The summed E-state index contributed by atoms with van der Waals surface area (Å²) in [5.41, 5.74) is 2.59. The van der Waals surface area contributed by atoms with E-state index in [0.29, 0.717) is 0 Å². The third-order valence-corrected chi connectivity index (χ3v) is 4.33. The van der Waals surface area contributed by atoms with Crippen LogP contribution in [-0.4, -0.2) is 4.21 Å². The Morgan fingerprint density at radius 1 is 0.929 bits per heavy atom. The number of hydrogen-bond donors (Lipinski definition) is 0. The van der Waals surface area contributed by atoms with Crippen LogP contribution in [0.1, 0.15) is 12.8 Å². The first-order chi connectivity index (χ1) is 6.88. The predicted molar refractivity (Wildman–Crippen MR) is 58.8 cm³/mol. The third kappa shape index (κ3) is 0.976. The van der Waals surface area contributed by atoms with Gasteiger partial charge in [0.15, 0.2) is 0 Å². The average molecular weight is 202 g/mol. The summed E-state index contributed by atoms with van der Waals surface area (Å²) in [7, 11) is -0.910. The summed E-state index contributed by atoms with van der Waals surface area (Å²) in [6.07, 6.45) is 14.1. The van der Waals surface area contributed by atoms with E-state index in [1.807, 2.05) is 24.3 Å². The van der Waals surface area contributed by atoms with Crippen LogP contribution < -0.4 is 0 Å². The van der Waals surface area contributed by atoms with Crippen LogP contribution >= 0.6 is 0 Å². The van der Waals surface area contributed by atoms with E-state index in [-0.39, 0.29) is 0 Å². The quantitative estimate of drug-likeness (QED) is 0.590. The van der Waals surface area contributed by atoms with Gasteiger partial charge in [0.25, 0.3) is 0 Å². The lowest BCUT2D eigenvalue weighted by atomic mass is 9.96. The smallest absolute Gasteiger partial charge is 0.0855 e. The number of rotatable bonds is 0. The van der Waals surface area contributed by atoms with Crippen molar-refractivity contribution in [2.45, 2.75) is 12.8 Å². The normalized spacial score (nSPS) is 24.6. The van der Waals surface area contributed by atoms with Crippen LogP contribution in [0.25, 0.3) is 0 Å². The average Bonchev–Trinajstić information content (AvgIpc) is 2.55. The summed E-state index contributed by atoms with van der Waals surface area (Å²) in [6.45, 7) is 0. The molecule has 3 rings (SSSR count). The molecular formula is C12H10OS. The molecule has 0 N–H and O–H groups in total. The van der Waals surface area contributed by atoms with Crippen molar-refractivity contribution in [3.8, 4) is 0 Å². The van der Waals surface area contributed by atoms with Crippen LogP contribution in [0.4, 0.5) is 0 Å². The second-order valence-corrected chi connectivity index (χ2v) is 4.97. The molecule has 1 nitrogen and oxygen atoms in total. The molecule has 0 bridgehead atoms. The Bertz CT molecular complexity index is 431. The van der Waals surface area contributed by atoms with Crippen LogP contribution in [0.15, 0.2) is 57.4 Å². The van der Waals surface area contributed by atoms with Crippen molar-refractivity contribution in [2.75, 3.05) is 0 Å². The van der Waals surface area contributed by atoms with Gasteiger partial charge in [-0.2, -0.15) is 0 Å². The van der Waals surface area contributed by atoms with E-state index in [9.17, 15) is 4.21 Å². The van der Waals surface area contributed by atoms with Gasteiger partial charge in [-0.15, -0.1) is 0 Å². The monoisotopic (exact) mass is 202 g/mol. The molecule has 14 heavy (non-hydrogen) atoms. The maximum absolute atomic E-state index is 12.0. The molecule has 0 radical (unpaired) electrons. The summed E-state index contributed by atoms with van der Waals surface area (Å²) in [5.74, 6) is 0. The standard InChI is InChI=1S/C12H10OS/c13-14-11-7-3-1-5-9(11)10-6-2-4-8-12(10)14/h1-4,7-8H,5-6H2. The molecule has 0 fully saturated rings. The SMILES string of the molecule is O=S1C2=CC=CCC2=C2CC=CC=C21. The third-order valence-electron chi connectivity index (χ3n) is 2.77. The Morgan fingerprint density at radius 2 is 1.43 bits per heavy atom. The Hall–Kier alpha value is -1.15. The number of allylic oxidation sites excluding steroid dienone is 8. The Balaban J connectivity index is 2.24. The van der Waals surface area contributed by atoms with Crippen molar-refractivity contribution in [1.82, 2.24) is 0 Å². The summed E-state index contributed by atoms with van der Waals surface area (Å²) in [4.78, 5) is 2.05. The summed E-state index contributed by atoms with van der Waals surface area (Å²) < 4.78 is 12.0. The van der Waals surface area contributed by atoms with Crippen molar-refractivity contribution < 1.29 is 4.21 Å². The highest BCUT2D eigenvalue weighted by atomic mass is 32.2. The second-order valence-electron chi connectivity index (χ2n) is 3.55. The van der Waals surface area contributed by atoms with Crippen molar-refractivity contribution in [1.29, 1.82) is 0 Å². The molecule has 3 aliphatic rings. The predicted octanol–water partition coefficient (Wildman–Crippen LogP) is 2.73. The van der Waals surface area contributed by atoms with Crippen molar-refractivity contribution in [2.24, 2.45) is 0 Å². The molecule has 0 aromatic carbocycles. The molecule has 0 aromatic heterocycles. The minimum Gasteiger partial charge on any atom is -0.249 e. The number of fused-ring (bicyclic) bond motifs is 2. The highest BCUT2D eigenvalue weighted by Crippen LogP contribution is 2.42. The van der Waals surface area contributed by atoms with E-state index in [1.54, 1.807) is 0 Å². The van der Waals surface area contributed by atoms with Crippen LogP contribution in [0.2, 0.25) is 0 Å². The molecular weight excluding hydrogens is 192 g/mol. The Labute approximate surface area is 85.7 Å². The molecule has 0 saturated carbocycles. The first kappa shape index (κ1) is 8.18. The van der Waals surface area contributed by atoms with Gasteiger partial charge in [-0.05, 0) is 36.1 Å². The maximum atomic E-state index is 12.0. The first-order valence-electron chi connectivity index (χ1n) is 4.76. The van der Waals surface area contributed by atoms with Crippen LogP contribution in [0, 0.1) is 0 Å². The van der Waals surface area contributed by atoms with Crippen LogP contribution in [0.3, 0.4) is 0 Å². The lowest BCUT2D eigenvalue weighted by molar-refractivity contribution is 0.691. The van der Waals surface area contributed by atoms with Gasteiger partial charge >= 0.3 is 0 Å². The molecule has 0 atom stereocenters. The largest absolute Gasteiger partial charge is 0.249 e. The van der Waals surface area contributed by atoms with Gasteiger partial charge in [0, 0.05) is 9.81 Å². The zero-order valence-corrected chi connectivity index (χ0v) is 8.51. The molecule has 2 aliphatic carbocycles. The highest BCUT2D eigenvalue weighted by Gasteiger charge is 2.31. The van der Waals surface area contributed by atoms with Gasteiger partial charge in [0.1, 0.15) is 0 Å². The minimum absolute atomic E-state index is 0.910. The lowest BCUT2D eigenvalue weighted by Crippen LogP contribution is -1.93.